The first kappa shape index (κ1) is 13.4. The van der Waals surface area contributed by atoms with Crippen molar-refractivity contribution in [1.82, 2.24) is 19.1 Å². The standard InChI is InChI=1S/C16H12N4O3/c1-19-13-12(15(21)20(2)16(19)22)17-10-8-11(23-14(10)18-13)9-6-4-3-5-7-9/h3-8H,1-2H3. The molecule has 0 N–H and O–H groups in total. The predicted molar refractivity (Wildman–Crippen MR) is 85.2 cm³/mol. The van der Waals surface area contributed by atoms with Gasteiger partial charge in [0.1, 0.15) is 11.3 Å². The summed E-state index contributed by atoms with van der Waals surface area (Å²) in [4.78, 5) is 32.9. The summed E-state index contributed by atoms with van der Waals surface area (Å²) in [5.74, 6) is 0.609. The van der Waals surface area contributed by atoms with Crippen molar-refractivity contribution in [1.29, 1.82) is 0 Å². The highest BCUT2D eigenvalue weighted by Gasteiger charge is 2.15. The van der Waals surface area contributed by atoms with Gasteiger partial charge in [-0.05, 0) is 0 Å². The van der Waals surface area contributed by atoms with Crippen molar-refractivity contribution >= 4 is 22.4 Å². The second-order valence-electron chi connectivity index (χ2n) is 5.27. The maximum atomic E-state index is 12.2. The Morgan fingerprint density at radius 3 is 2.48 bits per heavy atom. The van der Waals surface area contributed by atoms with Crippen molar-refractivity contribution in [3.05, 3.63) is 57.2 Å². The van der Waals surface area contributed by atoms with Crippen LogP contribution in [0.3, 0.4) is 0 Å². The Labute approximate surface area is 129 Å². The van der Waals surface area contributed by atoms with E-state index < -0.39 is 11.2 Å². The zero-order valence-electron chi connectivity index (χ0n) is 12.5. The third kappa shape index (κ3) is 1.90. The highest BCUT2D eigenvalue weighted by atomic mass is 16.3. The van der Waals surface area contributed by atoms with Gasteiger partial charge in [0.15, 0.2) is 11.2 Å². The number of aromatic nitrogens is 4. The second kappa shape index (κ2) is 4.64. The number of benzene rings is 1. The van der Waals surface area contributed by atoms with Crippen LogP contribution in [0.2, 0.25) is 0 Å². The molecule has 0 bridgehead atoms. The van der Waals surface area contributed by atoms with E-state index in [0.29, 0.717) is 17.0 Å². The lowest BCUT2D eigenvalue weighted by atomic mass is 10.2. The Kier molecular flexibility index (Phi) is 2.71. The van der Waals surface area contributed by atoms with Gasteiger partial charge in [-0.25, -0.2) is 9.78 Å². The molecule has 0 radical (unpaired) electrons. The number of hydrogen-bond acceptors (Lipinski definition) is 5. The fourth-order valence-corrected chi connectivity index (χ4v) is 2.53. The molecule has 4 aromatic rings. The van der Waals surface area contributed by atoms with E-state index in [9.17, 15) is 9.59 Å². The fourth-order valence-electron chi connectivity index (χ4n) is 2.53. The Morgan fingerprint density at radius 1 is 1.00 bits per heavy atom. The molecule has 3 heterocycles. The number of hydrogen-bond donors (Lipinski definition) is 0. The quantitative estimate of drug-likeness (QED) is 0.531. The zero-order chi connectivity index (χ0) is 16.1. The molecule has 0 fully saturated rings. The molecule has 4 rings (SSSR count). The van der Waals surface area contributed by atoms with Crippen LogP contribution in [0.4, 0.5) is 0 Å². The van der Waals surface area contributed by atoms with Gasteiger partial charge in [0.25, 0.3) is 5.56 Å². The molecule has 114 valence electrons. The SMILES string of the molecule is Cn1c(=O)c2nc3cc(-c4ccccc4)oc3nc2n(C)c1=O. The van der Waals surface area contributed by atoms with Crippen LogP contribution in [-0.2, 0) is 14.1 Å². The van der Waals surface area contributed by atoms with Crippen molar-refractivity contribution in [3.8, 4) is 11.3 Å². The molecule has 1 aromatic carbocycles. The highest BCUT2D eigenvalue weighted by molar-refractivity contribution is 5.84. The van der Waals surface area contributed by atoms with Crippen molar-refractivity contribution in [2.45, 2.75) is 0 Å². The Balaban J connectivity index is 2.09. The van der Waals surface area contributed by atoms with Gasteiger partial charge in [-0.1, -0.05) is 30.3 Å². The minimum absolute atomic E-state index is 0.141. The van der Waals surface area contributed by atoms with E-state index >= 15 is 0 Å². The summed E-state index contributed by atoms with van der Waals surface area (Å²) in [7, 11) is 2.96. The van der Waals surface area contributed by atoms with Crippen LogP contribution in [0.15, 0.2) is 50.4 Å². The van der Waals surface area contributed by atoms with E-state index in [-0.39, 0.29) is 11.2 Å². The summed E-state index contributed by atoms with van der Waals surface area (Å²) in [6.07, 6.45) is 0. The van der Waals surface area contributed by atoms with Crippen molar-refractivity contribution in [2.75, 3.05) is 0 Å². The molecule has 23 heavy (non-hydrogen) atoms. The zero-order valence-corrected chi connectivity index (χ0v) is 12.5. The molecule has 0 spiro atoms. The first-order valence-corrected chi connectivity index (χ1v) is 6.99. The first-order valence-electron chi connectivity index (χ1n) is 6.99. The monoisotopic (exact) mass is 308 g/mol. The maximum Gasteiger partial charge on any atom is 0.332 e. The Morgan fingerprint density at radius 2 is 1.74 bits per heavy atom. The van der Waals surface area contributed by atoms with Crippen LogP contribution in [0, 0.1) is 0 Å². The van der Waals surface area contributed by atoms with Crippen LogP contribution in [0.25, 0.3) is 33.7 Å². The lowest BCUT2D eigenvalue weighted by Crippen LogP contribution is -2.37. The number of nitrogens with zero attached hydrogens (tertiary/aromatic N) is 4. The lowest BCUT2D eigenvalue weighted by molar-refractivity contribution is 0.616. The normalized spacial score (nSPS) is 11.4. The molecule has 0 atom stereocenters. The molecule has 7 heteroatoms. The Bertz CT molecular complexity index is 1170. The fraction of sp³-hybridized carbons (Fsp3) is 0.125. The number of rotatable bonds is 1. The third-order valence-corrected chi connectivity index (χ3v) is 3.80. The smallest absolute Gasteiger partial charge is 0.332 e. The van der Waals surface area contributed by atoms with E-state index in [0.717, 1.165) is 10.1 Å². The van der Waals surface area contributed by atoms with Gasteiger partial charge in [0.2, 0.25) is 5.71 Å². The summed E-state index contributed by atoms with van der Waals surface area (Å²) in [6.45, 7) is 0. The molecular weight excluding hydrogens is 296 g/mol. The van der Waals surface area contributed by atoms with Crippen LogP contribution in [0.5, 0.6) is 0 Å². The van der Waals surface area contributed by atoms with Gasteiger partial charge in [0, 0.05) is 25.7 Å². The van der Waals surface area contributed by atoms with Gasteiger partial charge >= 0.3 is 5.69 Å². The lowest BCUT2D eigenvalue weighted by Gasteiger charge is -2.04. The largest absolute Gasteiger partial charge is 0.436 e. The van der Waals surface area contributed by atoms with Crippen molar-refractivity contribution < 1.29 is 4.42 Å². The molecule has 7 nitrogen and oxygen atoms in total. The van der Waals surface area contributed by atoms with Gasteiger partial charge in [-0.15, -0.1) is 0 Å². The first-order chi connectivity index (χ1) is 11.1. The van der Waals surface area contributed by atoms with E-state index in [2.05, 4.69) is 9.97 Å². The van der Waals surface area contributed by atoms with Crippen LogP contribution in [0.1, 0.15) is 0 Å². The topological polar surface area (TPSA) is 82.9 Å². The molecule has 0 aliphatic carbocycles. The molecule has 0 saturated heterocycles. The summed E-state index contributed by atoms with van der Waals surface area (Å²) in [6, 6.07) is 11.3. The summed E-state index contributed by atoms with van der Waals surface area (Å²) in [5, 5.41) is 0. The van der Waals surface area contributed by atoms with Crippen molar-refractivity contribution in [3.63, 3.8) is 0 Å². The summed E-state index contributed by atoms with van der Waals surface area (Å²) in [5.41, 5.74) is 1.08. The van der Waals surface area contributed by atoms with Gasteiger partial charge in [-0.3, -0.25) is 13.9 Å². The second-order valence-corrected chi connectivity index (χ2v) is 5.27. The third-order valence-electron chi connectivity index (χ3n) is 3.80. The Hall–Kier alpha value is -3.22. The van der Waals surface area contributed by atoms with E-state index in [1.165, 1.54) is 11.6 Å². The minimum atomic E-state index is -0.472. The van der Waals surface area contributed by atoms with Crippen molar-refractivity contribution in [2.24, 2.45) is 14.1 Å². The van der Waals surface area contributed by atoms with E-state index in [1.54, 1.807) is 13.1 Å². The van der Waals surface area contributed by atoms with Gasteiger partial charge in [-0.2, -0.15) is 4.98 Å². The highest BCUT2D eigenvalue weighted by Crippen LogP contribution is 2.26. The molecule has 0 aliphatic heterocycles. The summed E-state index contributed by atoms with van der Waals surface area (Å²) < 4.78 is 8.03. The number of fused-ring (bicyclic) bond motifs is 2. The molecule has 0 aliphatic rings. The molecule has 0 unspecified atom stereocenters. The molecule has 0 amide bonds. The van der Waals surface area contributed by atoms with E-state index in [1.807, 2.05) is 30.3 Å². The van der Waals surface area contributed by atoms with E-state index in [4.69, 9.17) is 4.42 Å². The predicted octanol–water partition coefficient (Wildman–Crippen LogP) is 1.44. The van der Waals surface area contributed by atoms with Gasteiger partial charge in [0.05, 0.1) is 0 Å². The summed E-state index contributed by atoms with van der Waals surface area (Å²) >= 11 is 0. The van der Waals surface area contributed by atoms with Crippen LogP contribution in [-0.4, -0.2) is 19.1 Å². The number of aryl methyl sites for hydroxylation is 1. The maximum absolute atomic E-state index is 12.2. The van der Waals surface area contributed by atoms with Crippen LogP contribution < -0.4 is 11.2 Å². The van der Waals surface area contributed by atoms with Crippen LogP contribution >= 0.6 is 0 Å². The molecule has 0 saturated carbocycles. The molecule has 3 aromatic heterocycles. The average Bonchev–Trinajstić information content (AvgIpc) is 3.00. The number of furan rings is 1. The van der Waals surface area contributed by atoms with Gasteiger partial charge < -0.3 is 4.42 Å². The minimum Gasteiger partial charge on any atom is -0.436 e. The molecular formula is C16H12N4O3. The average molecular weight is 308 g/mol.